The van der Waals surface area contributed by atoms with E-state index >= 15 is 0 Å². The molecule has 2 heterocycles. The van der Waals surface area contributed by atoms with E-state index in [2.05, 4.69) is 9.97 Å². The molecule has 0 radical (unpaired) electrons. The summed E-state index contributed by atoms with van der Waals surface area (Å²) < 4.78 is 22.9. The van der Waals surface area contributed by atoms with Crippen molar-refractivity contribution in [3.63, 3.8) is 0 Å². The SMILES string of the molecule is CCOc1ccc(-n2c(=O)n(Cc3ccccc3)c3c(C(N)=O)nc(-c4ccccc4F)nc32)cc1. The number of primary amides is 1. The minimum absolute atomic E-state index is 0.0500. The van der Waals surface area contributed by atoms with Gasteiger partial charge in [0.1, 0.15) is 17.1 Å². The van der Waals surface area contributed by atoms with Gasteiger partial charge in [0.05, 0.1) is 24.4 Å². The van der Waals surface area contributed by atoms with Gasteiger partial charge in [-0.15, -0.1) is 0 Å². The number of carbonyl (C=O) groups is 1. The molecule has 0 spiro atoms. The molecule has 5 aromatic rings. The summed E-state index contributed by atoms with van der Waals surface area (Å²) >= 11 is 0. The van der Waals surface area contributed by atoms with Crippen molar-refractivity contribution < 1.29 is 13.9 Å². The zero-order valence-electron chi connectivity index (χ0n) is 19.4. The average molecular weight is 484 g/mol. The number of nitrogens with two attached hydrogens (primary N) is 1. The third kappa shape index (κ3) is 4.11. The topological polar surface area (TPSA) is 105 Å². The standard InChI is InChI=1S/C27H22FN5O3/c1-2-36-19-14-12-18(13-15-19)33-26-23(32(27(33)35)16-17-8-4-3-5-9-17)22(24(29)34)30-25(31-26)20-10-6-7-11-21(20)28/h3-15H,2,16H2,1H3,(H2,29,34). The Morgan fingerprint density at radius 1 is 0.972 bits per heavy atom. The monoisotopic (exact) mass is 483 g/mol. The minimum Gasteiger partial charge on any atom is -0.494 e. The summed E-state index contributed by atoms with van der Waals surface area (Å²) in [4.78, 5) is 35.2. The Hall–Kier alpha value is -4.79. The molecule has 0 saturated carbocycles. The maximum atomic E-state index is 14.6. The van der Waals surface area contributed by atoms with Crippen LogP contribution in [-0.2, 0) is 6.54 Å². The smallest absolute Gasteiger partial charge is 0.335 e. The highest BCUT2D eigenvalue weighted by Gasteiger charge is 2.25. The van der Waals surface area contributed by atoms with Gasteiger partial charge in [-0.3, -0.25) is 9.36 Å². The zero-order chi connectivity index (χ0) is 25.2. The highest BCUT2D eigenvalue weighted by atomic mass is 19.1. The van der Waals surface area contributed by atoms with E-state index in [0.29, 0.717) is 18.0 Å². The lowest BCUT2D eigenvalue weighted by Gasteiger charge is -2.09. The fourth-order valence-corrected chi connectivity index (χ4v) is 4.09. The van der Waals surface area contributed by atoms with E-state index in [1.54, 1.807) is 36.4 Å². The molecule has 0 aliphatic carbocycles. The molecule has 2 N–H and O–H groups in total. The number of hydrogen-bond acceptors (Lipinski definition) is 5. The van der Waals surface area contributed by atoms with Crippen LogP contribution in [0.1, 0.15) is 23.0 Å². The number of ether oxygens (including phenoxy) is 1. The summed E-state index contributed by atoms with van der Waals surface area (Å²) in [6.45, 7) is 2.53. The lowest BCUT2D eigenvalue weighted by atomic mass is 10.2. The molecule has 2 aromatic heterocycles. The van der Waals surface area contributed by atoms with Crippen molar-refractivity contribution in [3.8, 4) is 22.8 Å². The van der Waals surface area contributed by atoms with Gasteiger partial charge in [-0.2, -0.15) is 0 Å². The fraction of sp³-hybridized carbons (Fsp3) is 0.111. The molecular formula is C27H22FN5O3. The Balaban J connectivity index is 1.83. The second-order valence-electron chi connectivity index (χ2n) is 8.03. The predicted octanol–water partition coefficient (Wildman–Crippen LogP) is 3.93. The van der Waals surface area contributed by atoms with Crippen LogP contribution in [0.4, 0.5) is 4.39 Å². The van der Waals surface area contributed by atoms with Gasteiger partial charge in [-0.1, -0.05) is 42.5 Å². The Bertz CT molecular complexity index is 1630. The van der Waals surface area contributed by atoms with Crippen LogP contribution in [0, 0.1) is 5.82 Å². The Morgan fingerprint density at radius 2 is 1.67 bits per heavy atom. The van der Waals surface area contributed by atoms with Crippen LogP contribution in [0.2, 0.25) is 0 Å². The van der Waals surface area contributed by atoms with Gasteiger partial charge in [0.15, 0.2) is 17.2 Å². The van der Waals surface area contributed by atoms with Gasteiger partial charge in [-0.05, 0) is 48.9 Å². The first-order chi connectivity index (χ1) is 17.5. The van der Waals surface area contributed by atoms with E-state index in [9.17, 15) is 14.0 Å². The molecule has 1 amide bonds. The van der Waals surface area contributed by atoms with E-state index < -0.39 is 17.4 Å². The largest absolute Gasteiger partial charge is 0.494 e. The summed E-state index contributed by atoms with van der Waals surface area (Å²) in [6.07, 6.45) is 0. The van der Waals surface area contributed by atoms with Gasteiger partial charge < -0.3 is 10.5 Å². The Labute approximate surface area is 205 Å². The van der Waals surface area contributed by atoms with Crippen molar-refractivity contribution in [2.45, 2.75) is 13.5 Å². The van der Waals surface area contributed by atoms with Crippen LogP contribution in [0.5, 0.6) is 5.75 Å². The average Bonchev–Trinajstić information content (AvgIpc) is 3.16. The Morgan fingerprint density at radius 3 is 2.33 bits per heavy atom. The summed E-state index contributed by atoms with van der Waals surface area (Å²) in [5.41, 5.74) is 6.83. The number of imidazole rings is 1. The predicted molar refractivity (Wildman–Crippen MR) is 134 cm³/mol. The second-order valence-corrected chi connectivity index (χ2v) is 8.03. The van der Waals surface area contributed by atoms with Crippen molar-refractivity contribution >= 4 is 17.1 Å². The van der Waals surface area contributed by atoms with Crippen molar-refractivity contribution in [1.29, 1.82) is 0 Å². The maximum Gasteiger partial charge on any atom is 0.335 e. The van der Waals surface area contributed by atoms with E-state index in [0.717, 1.165) is 5.56 Å². The van der Waals surface area contributed by atoms with E-state index in [1.165, 1.54) is 21.3 Å². The van der Waals surface area contributed by atoms with Gasteiger partial charge in [0, 0.05) is 0 Å². The van der Waals surface area contributed by atoms with E-state index in [-0.39, 0.29) is 34.8 Å². The first kappa shape index (κ1) is 23.0. The highest BCUT2D eigenvalue weighted by Crippen LogP contribution is 2.26. The number of hydrogen-bond donors (Lipinski definition) is 1. The van der Waals surface area contributed by atoms with Crippen LogP contribution in [-0.4, -0.2) is 31.6 Å². The molecule has 5 rings (SSSR count). The zero-order valence-corrected chi connectivity index (χ0v) is 19.4. The highest BCUT2D eigenvalue weighted by molar-refractivity contribution is 6.02. The summed E-state index contributed by atoms with van der Waals surface area (Å²) in [6, 6.07) is 22.2. The number of rotatable bonds is 7. The first-order valence-electron chi connectivity index (χ1n) is 11.3. The number of amides is 1. The molecule has 36 heavy (non-hydrogen) atoms. The molecule has 9 heteroatoms. The van der Waals surface area contributed by atoms with Crippen molar-refractivity contribution in [3.05, 3.63) is 106 Å². The molecule has 3 aromatic carbocycles. The van der Waals surface area contributed by atoms with Gasteiger partial charge in [0.2, 0.25) is 0 Å². The molecule has 180 valence electrons. The molecule has 8 nitrogen and oxygen atoms in total. The third-order valence-corrected chi connectivity index (χ3v) is 5.71. The van der Waals surface area contributed by atoms with Gasteiger partial charge >= 0.3 is 5.69 Å². The van der Waals surface area contributed by atoms with Crippen LogP contribution in [0.15, 0.2) is 83.7 Å². The van der Waals surface area contributed by atoms with Crippen molar-refractivity contribution in [2.75, 3.05) is 6.61 Å². The number of benzene rings is 3. The number of carbonyl (C=O) groups excluding carboxylic acids is 1. The van der Waals surface area contributed by atoms with E-state index in [4.69, 9.17) is 10.5 Å². The minimum atomic E-state index is -0.856. The summed E-state index contributed by atoms with van der Waals surface area (Å²) in [5.74, 6) is -0.829. The summed E-state index contributed by atoms with van der Waals surface area (Å²) in [5, 5.41) is 0. The molecule has 0 unspecified atom stereocenters. The lowest BCUT2D eigenvalue weighted by molar-refractivity contribution is 0.0997. The molecule has 0 atom stereocenters. The number of fused-ring (bicyclic) bond motifs is 1. The molecular weight excluding hydrogens is 461 g/mol. The normalized spacial score (nSPS) is 11.1. The quantitative estimate of drug-likeness (QED) is 0.378. The maximum absolute atomic E-state index is 14.6. The van der Waals surface area contributed by atoms with Crippen LogP contribution >= 0.6 is 0 Å². The van der Waals surface area contributed by atoms with Crippen molar-refractivity contribution in [2.24, 2.45) is 5.73 Å². The molecule has 0 fully saturated rings. The third-order valence-electron chi connectivity index (χ3n) is 5.71. The lowest BCUT2D eigenvalue weighted by Crippen LogP contribution is -2.24. The summed E-state index contributed by atoms with van der Waals surface area (Å²) in [7, 11) is 0. The van der Waals surface area contributed by atoms with Crippen LogP contribution < -0.4 is 16.2 Å². The van der Waals surface area contributed by atoms with E-state index in [1.807, 2.05) is 37.3 Å². The van der Waals surface area contributed by atoms with Crippen molar-refractivity contribution in [1.82, 2.24) is 19.1 Å². The second kappa shape index (κ2) is 9.46. The van der Waals surface area contributed by atoms with Crippen LogP contribution in [0.3, 0.4) is 0 Å². The first-order valence-corrected chi connectivity index (χ1v) is 11.3. The molecule has 0 aliphatic rings. The number of aromatic nitrogens is 4. The molecule has 0 saturated heterocycles. The van der Waals surface area contributed by atoms with Gasteiger partial charge in [-0.25, -0.2) is 23.7 Å². The fourth-order valence-electron chi connectivity index (χ4n) is 4.09. The number of halogens is 1. The molecule has 0 aliphatic heterocycles. The Kier molecular flexibility index (Phi) is 6.03. The molecule has 0 bridgehead atoms. The van der Waals surface area contributed by atoms with Crippen LogP contribution in [0.25, 0.3) is 28.2 Å². The van der Waals surface area contributed by atoms with Gasteiger partial charge in [0.25, 0.3) is 5.91 Å². The number of nitrogens with zero attached hydrogens (tertiary/aromatic N) is 4.